The van der Waals surface area contributed by atoms with Crippen LogP contribution in [0.4, 0.5) is 0 Å². The molecular formula is C26H31N3O6. The Hall–Kier alpha value is -3.62. The fourth-order valence-corrected chi connectivity index (χ4v) is 5.11. The molecule has 3 N–H and O–H groups in total. The monoisotopic (exact) mass is 481 g/mol. The van der Waals surface area contributed by atoms with E-state index < -0.39 is 35.8 Å². The third kappa shape index (κ3) is 4.94. The zero-order valence-electron chi connectivity index (χ0n) is 20.1. The number of aromatic nitrogens is 1. The second-order valence-electron chi connectivity index (χ2n) is 9.64. The highest BCUT2D eigenvalue weighted by Gasteiger charge is 2.42. The number of nitrogens with one attached hydrogen (secondary N) is 2. The average Bonchev–Trinajstić information content (AvgIpc) is 3.16. The van der Waals surface area contributed by atoms with Gasteiger partial charge in [0.05, 0.1) is 18.9 Å². The molecule has 0 saturated carbocycles. The van der Waals surface area contributed by atoms with Crippen molar-refractivity contribution in [1.82, 2.24) is 15.2 Å². The van der Waals surface area contributed by atoms with Gasteiger partial charge in [0, 0.05) is 36.5 Å². The van der Waals surface area contributed by atoms with E-state index in [2.05, 4.69) is 10.6 Å². The Bertz CT molecular complexity index is 1150. The first-order valence-corrected chi connectivity index (χ1v) is 11.9. The predicted octanol–water partition coefficient (Wildman–Crippen LogP) is 2.14. The molecule has 9 nitrogen and oxygen atoms in total. The maximum atomic E-state index is 13.4. The van der Waals surface area contributed by atoms with Crippen LogP contribution in [0.1, 0.15) is 54.2 Å². The van der Waals surface area contributed by atoms with Crippen molar-refractivity contribution in [3.05, 3.63) is 53.3 Å². The van der Waals surface area contributed by atoms with Crippen LogP contribution in [0.15, 0.2) is 36.5 Å². The van der Waals surface area contributed by atoms with Gasteiger partial charge in [-0.3, -0.25) is 19.2 Å². The van der Waals surface area contributed by atoms with E-state index in [1.54, 1.807) is 24.3 Å². The fraction of sp³-hybridized carbons (Fsp3) is 0.462. The number of nitrogens with zero attached hydrogens (tertiary/aromatic N) is 1. The van der Waals surface area contributed by atoms with Crippen LogP contribution in [-0.2, 0) is 27.3 Å². The van der Waals surface area contributed by atoms with Crippen molar-refractivity contribution in [2.75, 3.05) is 7.11 Å². The van der Waals surface area contributed by atoms with Gasteiger partial charge in [-0.05, 0) is 48.6 Å². The Balaban J connectivity index is 1.54. The summed E-state index contributed by atoms with van der Waals surface area (Å²) >= 11 is 0. The van der Waals surface area contributed by atoms with E-state index in [0.717, 1.165) is 11.3 Å². The molecule has 0 spiro atoms. The van der Waals surface area contributed by atoms with Gasteiger partial charge >= 0.3 is 5.97 Å². The number of amides is 2. The van der Waals surface area contributed by atoms with Crippen LogP contribution < -0.4 is 15.4 Å². The van der Waals surface area contributed by atoms with Gasteiger partial charge in [0.1, 0.15) is 17.6 Å². The number of benzene rings is 1. The summed E-state index contributed by atoms with van der Waals surface area (Å²) in [6.07, 6.45) is 3.00. The number of methoxy groups -OCH3 is 1. The first-order valence-electron chi connectivity index (χ1n) is 11.9. The molecule has 2 aliphatic rings. The molecule has 0 radical (unpaired) electrons. The maximum Gasteiger partial charge on any atom is 0.308 e. The number of ether oxygens (including phenoxy) is 1. The second kappa shape index (κ2) is 9.93. The van der Waals surface area contributed by atoms with Crippen molar-refractivity contribution in [1.29, 1.82) is 0 Å². The van der Waals surface area contributed by atoms with Gasteiger partial charge in [0.2, 0.25) is 5.91 Å². The lowest BCUT2D eigenvalue weighted by atomic mass is 9.79. The number of carboxylic acid groups (broad SMARTS) is 1. The summed E-state index contributed by atoms with van der Waals surface area (Å²) in [5.74, 6) is -3.01. The van der Waals surface area contributed by atoms with Crippen LogP contribution in [0.25, 0.3) is 0 Å². The van der Waals surface area contributed by atoms with E-state index in [9.17, 15) is 24.3 Å². The van der Waals surface area contributed by atoms with Crippen LogP contribution in [0, 0.1) is 11.8 Å². The lowest BCUT2D eigenvalue weighted by Crippen LogP contribution is -2.54. The molecule has 0 fully saturated rings. The minimum Gasteiger partial charge on any atom is -0.497 e. The van der Waals surface area contributed by atoms with Gasteiger partial charge in [0.15, 0.2) is 0 Å². The zero-order chi connectivity index (χ0) is 25.3. The van der Waals surface area contributed by atoms with Crippen molar-refractivity contribution in [3.63, 3.8) is 0 Å². The van der Waals surface area contributed by atoms with Crippen molar-refractivity contribution in [2.24, 2.45) is 11.8 Å². The number of ketones is 1. The molecule has 2 aromatic rings. The number of rotatable bonds is 7. The molecule has 186 valence electrons. The molecule has 2 amide bonds. The van der Waals surface area contributed by atoms with E-state index >= 15 is 0 Å². The second-order valence-corrected chi connectivity index (χ2v) is 9.64. The van der Waals surface area contributed by atoms with Crippen LogP contribution in [0.5, 0.6) is 5.75 Å². The summed E-state index contributed by atoms with van der Waals surface area (Å²) in [6.45, 7) is 3.92. The van der Waals surface area contributed by atoms with Crippen molar-refractivity contribution < 1.29 is 29.0 Å². The Kier molecular flexibility index (Phi) is 6.95. The SMILES string of the molecule is COc1cccc(C(=O)NC(C(=O)N[C@H]2CCc3ccn4c3C2C(=O)C[C@H](C(=O)O)C4)C(C)C)c1. The van der Waals surface area contributed by atoms with E-state index in [4.69, 9.17) is 4.74 Å². The van der Waals surface area contributed by atoms with Gasteiger partial charge < -0.3 is 25.0 Å². The molecule has 1 aromatic carbocycles. The highest BCUT2D eigenvalue weighted by Crippen LogP contribution is 2.38. The summed E-state index contributed by atoms with van der Waals surface area (Å²) in [4.78, 5) is 51.1. The Morgan fingerprint density at radius 2 is 1.97 bits per heavy atom. The first kappa shape index (κ1) is 24.5. The standard InChI is InChI=1S/C26H31N3O6/c1-14(2)22(28-24(31)16-5-4-6-18(11-16)35-3)25(32)27-19-8-7-15-9-10-29-13-17(26(33)34)12-20(30)21(19)23(15)29/h4-6,9-11,14,17,19,21-22H,7-8,12-13H2,1-3H3,(H,27,32)(H,28,31)(H,33,34)/t17-,19-,21?,22?/m0/s1. The van der Waals surface area contributed by atoms with Gasteiger partial charge in [-0.15, -0.1) is 0 Å². The highest BCUT2D eigenvalue weighted by atomic mass is 16.5. The molecule has 2 heterocycles. The summed E-state index contributed by atoms with van der Waals surface area (Å²) in [6, 6.07) is 7.33. The van der Waals surface area contributed by atoms with E-state index in [1.807, 2.05) is 30.7 Å². The number of hydrogen-bond donors (Lipinski definition) is 3. The van der Waals surface area contributed by atoms with Gasteiger partial charge in [0.25, 0.3) is 5.91 Å². The van der Waals surface area contributed by atoms with Crippen LogP contribution in [-0.4, -0.2) is 52.4 Å². The lowest BCUT2D eigenvalue weighted by molar-refractivity contribution is -0.144. The molecule has 1 aliphatic heterocycles. The lowest BCUT2D eigenvalue weighted by Gasteiger charge is -2.33. The molecule has 0 bridgehead atoms. The number of hydrogen-bond acceptors (Lipinski definition) is 5. The number of aryl methyl sites for hydroxylation is 1. The number of carbonyl (C=O) groups is 4. The van der Waals surface area contributed by atoms with E-state index in [0.29, 0.717) is 24.2 Å². The molecule has 1 aliphatic carbocycles. The van der Waals surface area contributed by atoms with Gasteiger partial charge in [-0.1, -0.05) is 19.9 Å². The van der Waals surface area contributed by atoms with E-state index in [1.165, 1.54) is 7.11 Å². The van der Waals surface area contributed by atoms with Crippen molar-refractivity contribution in [3.8, 4) is 5.75 Å². The zero-order valence-corrected chi connectivity index (χ0v) is 20.1. The Labute approximate surface area is 203 Å². The number of aliphatic carboxylic acids is 1. The third-order valence-corrected chi connectivity index (χ3v) is 6.97. The summed E-state index contributed by atoms with van der Waals surface area (Å²) in [5.41, 5.74) is 2.20. The smallest absolute Gasteiger partial charge is 0.308 e. The molecular weight excluding hydrogens is 450 g/mol. The topological polar surface area (TPSA) is 127 Å². The average molecular weight is 482 g/mol. The predicted molar refractivity (Wildman–Crippen MR) is 127 cm³/mol. The van der Waals surface area contributed by atoms with Crippen molar-refractivity contribution in [2.45, 2.75) is 57.7 Å². The quantitative estimate of drug-likeness (QED) is 0.556. The minimum absolute atomic E-state index is 0.0757. The highest BCUT2D eigenvalue weighted by molar-refractivity contribution is 5.98. The normalized spacial score (nSPS) is 22.1. The van der Waals surface area contributed by atoms with Crippen LogP contribution in [0.3, 0.4) is 0 Å². The Morgan fingerprint density at radius 3 is 2.66 bits per heavy atom. The molecule has 9 heteroatoms. The molecule has 4 rings (SSSR count). The van der Waals surface area contributed by atoms with Crippen LogP contribution >= 0.6 is 0 Å². The molecule has 1 aromatic heterocycles. The minimum atomic E-state index is -1.000. The molecule has 0 saturated heterocycles. The summed E-state index contributed by atoms with van der Waals surface area (Å²) < 4.78 is 7.03. The van der Waals surface area contributed by atoms with Gasteiger partial charge in [-0.25, -0.2) is 0 Å². The largest absolute Gasteiger partial charge is 0.497 e. The fourth-order valence-electron chi connectivity index (χ4n) is 5.11. The number of carbonyl (C=O) groups excluding carboxylic acids is 3. The number of carboxylic acids is 1. The van der Waals surface area contributed by atoms with Crippen molar-refractivity contribution >= 4 is 23.6 Å². The number of Topliss-reactive ketones (excluding diaryl/α,β-unsaturated/α-hetero) is 1. The summed E-state index contributed by atoms with van der Waals surface area (Å²) in [7, 11) is 1.51. The molecule has 35 heavy (non-hydrogen) atoms. The molecule has 2 unspecified atom stereocenters. The summed E-state index contributed by atoms with van der Waals surface area (Å²) in [5, 5.41) is 15.4. The van der Waals surface area contributed by atoms with E-state index in [-0.39, 0.29) is 30.6 Å². The first-order chi connectivity index (χ1) is 16.7. The maximum absolute atomic E-state index is 13.4. The third-order valence-electron chi connectivity index (χ3n) is 6.97. The van der Waals surface area contributed by atoms with Gasteiger partial charge in [-0.2, -0.15) is 0 Å². The Morgan fingerprint density at radius 1 is 1.20 bits per heavy atom. The van der Waals surface area contributed by atoms with Crippen LogP contribution in [0.2, 0.25) is 0 Å². The molecule has 4 atom stereocenters.